The predicted molar refractivity (Wildman–Crippen MR) is 267 cm³/mol. The van der Waals surface area contributed by atoms with E-state index in [1.807, 2.05) is 0 Å². The fourth-order valence-corrected chi connectivity index (χ4v) is 14.3. The van der Waals surface area contributed by atoms with E-state index in [-0.39, 0.29) is 5.41 Å². The van der Waals surface area contributed by atoms with Crippen LogP contribution in [0.5, 0.6) is 0 Å². The van der Waals surface area contributed by atoms with Gasteiger partial charge in [-0.2, -0.15) is 0 Å². The number of benzene rings is 9. The molecule has 4 fully saturated rings. The summed E-state index contributed by atoms with van der Waals surface area (Å²) in [5, 5.41) is 7.68. The lowest BCUT2D eigenvalue weighted by Gasteiger charge is -2.61. The van der Waals surface area contributed by atoms with Gasteiger partial charge in [-0.25, -0.2) is 0 Å². The normalized spacial score (nSPS) is 21.8. The molecule has 16 rings (SSSR count). The third-order valence-electron chi connectivity index (χ3n) is 16.7. The second kappa shape index (κ2) is 13.0. The average Bonchev–Trinajstić information content (AvgIpc) is 3.96. The van der Waals surface area contributed by atoms with Gasteiger partial charge in [0.25, 0.3) is 0 Å². The SMILES string of the molecule is c1ccc2c(c1)-c1ccc(-n3c4ccccc4c4cc(-c5ccc6c(c5)c5ccccc5n6-c5ccc(-c6ccc7ccccc7c6)cc5)ccc43)cc1C21C2CC3CC(C2)CC1C3. The zero-order chi connectivity index (χ0) is 41.7. The number of hydrogen-bond acceptors (Lipinski definition) is 0. The van der Waals surface area contributed by atoms with E-state index in [9.17, 15) is 0 Å². The first-order valence-electron chi connectivity index (χ1n) is 23.6. The number of rotatable bonds is 4. The summed E-state index contributed by atoms with van der Waals surface area (Å²) >= 11 is 0. The fraction of sp³-hybridized carbons (Fsp3) is 0.161. The number of para-hydroxylation sites is 2. The van der Waals surface area contributed by atoms with Gasteiger partial charge >= 0.3 is 0 Å². The molecule has 304 valence electrons. The molecule has 2 nitrogen and oxygen atoms in total. The Morgan fingerprint density at radius 1 is 0.328 bits per heavy atom. The van der Waals surface area contributed by atoms with Crippen LogP contribution < -0.4 is 0 Å². The highest BCUT2D eigenvalue weighted by Crippen LogP contribution is 2.69. The average molecular weight is 819 g/mol. The number of hydrogen-bond donors (Lipinski definition) is 0. The summed E-state index contributed by atoms with van der Waals surface area (Å²) in [5.41, 5.74) is 18.7. The van der Waals surface area contributed by atoms with Crippen LogP contribution in [0.15, 0.2) is 194 Å². The quantitative estimate of drug-likeness (QED) is 0.167. The van der Waals surface area contributed by atoms with Crippen LogP contribution >= 0.6 is 0 Å². The highest BCUT2D eigenvalue weighted by Gasteiger charge is 2.61. The second-order valence-electron chi connectivity index (χ2n) is 19.7. The van der Waals surface area contributed by atoms with E-state index in [2.05, 4.69) is 203 Å². The molecule has 1 spiro atoms. The summed E-state index contributed by atoms with van der Waals surface area (Å²) in [6.07, 6.45) is 7.07. The monoisotopic (exact) mass is 818 g/mol. The Labute approximate surface area is 373 Å². The Morgan fingerprint density at radius 3 is 1.52 bits per heavy atom. The smallest absolute Gasteiger partial charge is 0.0541 e. The molecular formula is C62H46N2. The Balaban J connectivity index is 0.842. The minimum absolute atomic E-state index is 0.143. The third kappa shape index (κ3) is 4.76. The van der Waals surface area contributed by atoms with Crippen LogP contribution in [0.4, 0.5) is 0 Å². The molecule has 0 radical (unpaired) electrons. The first-order valence-corrected chi connectivity index (χ1v) is 23.6. The minimum atomic E-state index is 0.143. The molecule has 2 heterocycles. The molecule has 4 saturated carbocycles. The maximum Gasteiger partial charge on any atom is 0.0541 e. The minimum Gasteiger partial charge on any atom is -0.309 e. The van der Waals surface area contributed by atoms with Crippen molar-refractivity contribution >= 4 is 54.4 Å². The van der Waals surface area contributed by atoms with Crippen molar-refractivity contribution in [3.63, 3.8) is 0 Å². The highest BCUT2D eigenvalue weighted by atomic mass is 15.0. The molecule has 5 aliphatic rings. The van der Waals surface area contributed by atoms with Crippen molar-refractivity contribution in [2.24, 2.45) is 23.7 Å². The summed E-state index contributed by atoms with van der Waals surface area (Å²) in [6, 6.07) is 73.6. The van der Waals surface area contributed by atoms with Gasteiger partial charge < -0.3 is 9.13 Å². The molecule has 64 heavy (non-hydrogen) atoms. The molecule has 0 aliphatic heterocycles. The predicted octanol–water partition coefficient (Wildman–Crippen LogP) is 16.1. The van der Waals surface area contributed by atoms with Gasteiger partial charge in [-0.1, -0.05) is 127 Å². The standard InChI is InChI=1S/C62H46N2/c1-2-10-42-34-43(18-17-40(42)9-1)41-19-23-48(24-20-41)63-58-15-7-4-12-52(58)54-35-44(21-27-60(54)63)45-22-28-61-55(36-45)53-13-5-8-16-59(53)64(61)49-25-26-51-50-11-3-6-14-56(50)62(57(51)37-49)46-30-38-29-39(32-46)33-47(62)31-38/h1-28,34-39,46-47H,29-33H2. The zero-order valence-electron chi connectivity index (χ0n) is 35.7. The summed E-state index contributed by atoms with van der Waals surface area (Å²) in [7, 11) is 0. The molecule has 0 atom stereocenters. The number of nitrogens with zero attached hydrogens (tertiary/aromatic N) is 2. The Hall–Kier alpha value is -7.16. The zero-order valence-corrected chi connectivity index (χ0v) is 35.7. The van der Waals surface area contributed by atoms with Gasteiger partial charge in [0.1, 0.15) is 0 Å². The van der Waals surface area contributed by atoms with Crippen LogP contribution in [0.25, 0.3) is 99.1 Å². The van der Waals surface area contributed by atoms with Gasteiger partial charge in [0.05, 0.1) is 22.1 Å². The van der Waals surface area contributed by atoms with E-state index < -0.39 is 0 Å². The van der Waals surface area contributed by atoms with Gasteiger partial charge in [-0.15, -0.1) is 0 Å². The van der Waals surface area contributed by atoms with Crippen LogP contribution in [-0.2, 0) is 5.41 Å². The summed E-state index contributed by atoms with van der Waals surface area (Å²) in [5.74, 6) is 3.35. The third-order valence-corrected chi connectivity index (χ3v) is 16.7. The molecule has 0 saturated heterocycles. The Kier molecular flexibility index (Phi) is 7.15. The van der Waals surface area contributed by atoms with Crippen LogP contribution in [0.2, 0.25) is 0 Å². The van der Waals surface area contributed by atoms with Gasteiger partial charge in [0.2, 0.25) is 0 Å². The molecule has 2 aromatic heterocycles. The van der Waals surface area contributed by atoms with Gasteiger partial charge in [0, 0.05) is 38.3 Å². The summed E-state index contributed by atoms with van der Waals surface area (Å²) in [6.45, 7) is 0. The maximum absolute atomic E-state index is 2.64. The van der Waals surface area contributed by atoms with Crippen molar-refractivity contribution in [2.45, 2.75) is 37.5 Å². The molecule has 11 aromatic rings. The van der Waals surface area contributed by atoms with Crippen molar-refractivity contribution in [1.82, 2.24) is 9.13 Å². The van der Waals surface area contributed by atoms with Gasteiger partial charge in [0.15, 0.2) is 0 Å². The van der Waals surface area contributed by atoms with Crippen LogP contribution in [0.1, 0.15) is 43.2 Å². The molecule has 0 amide bonds. The molecule has 4 bridgehead atoms. The lowest BCUT2D eigenvalue weighted by Crippen LogP contribution is -2.55. The van der Waals surface area contributed by atoms with Crippen LogP contribution in [-0.4, -0.2) is 9.13 Å². The van der Waals surface area contributed by atoms with E-state index in [4.69, 9.17) is 0 Å². The summed E-state index contributed by atoms with van der Waals surface area (Å²) < 4.78 is 4.99. The van der Waals surface area contributed by atoms with E-state index in [0.717, 1.165) is 23.7 Å². The molecular weight excluding hydrogens is 773 g/mol. The molecule has 5 aliphatic carbocycles. The van der Waals surface area contributed by atoms with Crippen molar-refractivity contribution in [1.29, 1.82) is 0 Å². The van der Waals surface area contributed by atoms with Crippen LogP contribution in [0, 0.1) is 23.7 Å². The Bertz CT molecular complexity index is 3720. The highest BCUT2D eigenvalue weighted by molar-refractivity contribution is 6.13. The Morgan fingerprint density at radius 2 is 0.828 bits per heavy atom. The fourth-order valence-electron chi connectivity index (χ4n) is 14.3. The first-order chi connectivity index (χ1) is 31.7. The van der Waals surface area contributed by atoms with E-state index in [1.54, 1.807) is 11.1 Å². The van der Waals surface area contributed by atoms with Crippen molar-refractivity contribution < 1.29 is 0 Å². The van der Waals surface area contributed by atoms with Crippen molar-refractivity contribution in [2.75, 3.05) is 0 Å². The number of fused-ring (bicyclic) bond motifs is 10. The lowest BCUT2D eigenvalue weighted by molar-refractivity contribution is -0.0399. The van der Waals surface area contributed by atoms with Gasteiger partial charge in [-0.05, 0) is 178 Å². The van der Waals surface area contributed by atoms with E-state index in [1.165, 1.54) is 131 Å². The number of aromatic nitrogens is 2. The van der Waals surface area contributed by atoms with Gasteiger partial charge in [-0.3, -0.25) is 0 Å². The van der Waals surface area contributed by atoms with E-state index in [0.29, 0.717) is 0 Å². The molecule has 0 N–H and O–H groups in total. The summed E-state index contributed by atoms with van der Waals surface area (Å²) in [4.78, 5) is 0. The lowest BCUT2D eigenvalue weighted by atomic mass is 9.43. The largest absolute Gasteiger partial charge is 0.309 e. The van der Waals surface area contributed by atoms with Crippen molar-refractivity contribution in [3.8, 4) is 44.8 Å². The van der Waals surface area contributed by atoms with Crippen molar-refractivity contribution in [3.05, 3.63) is 205 Å². The topological polar surface area (TPSA) is 9.86 Å². The first kappa shape index (κ1) is 35.3. The second-order valence-corrected chi connectivity index (χ2v) is 19.7. The molecule has 2 heteroatoms. The molecule has 9 aromatic carbocycles. The maximum atomic E-state index is 2.64. The van der Waals surface area contributed by atoms with Crippen LogP contribution in [0.3, 0.4) is 0 Å². The van der Waals surface area contributed by atoms with E-state index >= 15 is 0 Å². The molecule has 0 unspecified atom stereocenters.